The van der Waals surface area contributed by atoms with E-state index in [1.54, 1.807) is 19.4 Å². The zero-order chi connectivity index (χ0) is 14.4. The van der Waals surface area contributed by atoms with Crippen molar-refractivity contribution in [2.75, 3.05) is 12.4 Å². The number of H-pyrrole nitrogens is 1. The summed E-state index contributed by atoms with van der Waals surface area (Å²) >= 11 is 0. The molecule has 0 aliphatic carbocycles. The number of anilines is 1. The van der Waals surface area contributed by atoms with Gasteiger partial charge in [-0.25, -0.2) is 0 Å². The number of methoxy groups -OCH3 is 1. The molecule has 0 unspecified atom stereocenters. The van der Waals surface area contributed by atoms with E-state index >= 15 is 0 Å². The van der Waals surface area contributed by atoms with Crippen LogP contribution in [0.25, 0.3) is 6.08 Å². The molecule has 5 nitrogen and oxygen atoms in total. The third kappa shape index (κ3) is 3.47. The Morgan fingerprint density at radius 1 is 1.40 bits per heavy atom. The highest BCUT2D eigenvalue weighted by atomic mass is 16.5. The van der Waals surface area contributed by atoms with Crippen molar-refractivity contribution in [1.82, 2.24) is 10.2 Å². The van der Waals surface area contributed by atoms with Crippen LogP contribution < -0.4 is 10.1 Å². The van der Waals surface area contributed by atoms with E-state index in [1.807, 2.05) is 31.2 Å². The minimum absolute atomic E-state index is 0.195. The molecule has 0 radical (unpaired) electrons. The summed E-state index contributed by atoms with van der Waals surface area (Å²) in [6.45, 7) is 2.01. The highest BCUT2D eigenvalue weighted by Crippen LogP contribution is 2.13. The SMILES string of the molecule is CCc1cn[nH]c1NC(=O)/C=C/c1ccc(OC)cc1. The second-order valence-corrected chi connectivity index (χ2v) is 4.22. The summed E-state index contributed by atoms with van der Waals surface area (Å²) in [5, 5.41) is 9.44. The van der Waals surface area contributed by atoms with Crippen molar-refractivity contribution < 1.29 is 9.53 Å². The summed E-state index contributed by atoms with van der Waals surface area (Å²) in [6, 6.07) is 7.47. The predicted octanol–water partition coefficient (Wildman–Crippen LogP) is 2.63. The van der Waals surface area contributed by atoms with Gasteiger partial charge in [0.05, 0.1) is 13.3 Å². The Balaban J connectivity index is 1.98. The third-order valence-electron chi connectivity index (χ3n) is 2.89. The average Bonchev–Trinajstić information content (AvgIpc) is 2.92. The number of amides is 1. The van der Waals surface area contributed by atoms with Crippen LogP contribution in [0.3, 0.4) is 0 Å². The zero-order valence-corrected chi connectivity index (χ0v) is 11.5. The van der Waals surface area contributed by atoms with E-state index in [0.717, 1.165) is 23.3 Å². The van der Waals surface area contributed by atoms with Gasteiger partial charge in [-0.1, -0.05) is 19.1 Å². The summed E-state index contributed by atoms with van der Waals surface area (Å²) in [4.78, 5) is 11.8. The molecule has 0 saturated heterocycles. The van der Waals surface area contributed by atoms with E-state index < -0.39 is 0 Å². The van der Waals surface area contributed by atoms with Crippen molar-refractivity contribution >= 4 is 17.8 Å². The molecule has 0 bridgehead atoms. The molecule has 0 atom stereocenters. The lowest BCUT2D eigenvalue weighted by Crippen LogP contribution is -2.09. The first-order valence-corrected chi connectivity index (χ1v) is 6.38. The maximum absolute atomic E-state index is 11.8. The van der Waals surface area contributed by atoms with Gasteiger partial charge in [-0.05, 0) is 30.2 Å². The first-order chi connectivity index (χ1) is 9.72. The van der Waals surface area contributed by atoms with E-state index in [1.165, 1.54) is 6.08 Å². The van der Waals surface area contributed by atoms with Crippen LogP contribution in [-0.2, 0) is 11.2 Å². The molecule has 104 valence electrons. The van der Waals surface area contributed by atoms with Crippen LogP contribution in [0.5, 0.6) is 5.75 Å². The number of rotatable bonds is 5. The Labute approximate surface area is 117 Å². The second-order valence-electron chi connectivity index (χ2n) is 4.22. The van der Waals surface area contributed by atoms with Gasteiger partial charge in [-0.15, -0.1) is 0 Å². The molecule has 0 saturated carbocycles. The monoisotopic (exact) mass is 271 g/mol. The van der Waals surface area contributed by atoms with Crippen LogP contribution in [0.2, 0.25) is 0 Å². The van der Waals surface area contributed by atoms with Crippen LogP contribution in [-0.4, -0.2) is 23.2 Å². The van der Waals surface area contributed by atoms with Crippen LogP contribution in [0.4, 0.5) is 5.82 Å². The maximum atomic E-state index is 11.8. The van der Waals surface area contributed by atoms with Gasteiger partial charge in [0, 0.05) is 11.6 Å². The Kier molecular flexibility index (Phi) is 4.55. The molecule has 1 amide bonds. The topological polar surface area (TPSA) is 67.0 Å². The standard InChI is InChI=1S/C15H17N3O2/c1-3-12-10-16-18-15(12)17-14(19)9-6-11-4-7-13(20-2)8-5-11/h4-10H,3H2,1-2H3,(H2,16,17,18,19)/b9-6+. The van der Waals surface area contributed by atoms with Crippen molar-refractivity contribution in [1.29, 1.82) is 0 Å². The van der Waals surface area contributed by atoms with Crippen LogP contribution in [0, 0.1) is 0 Å². The molecule has 0 aliphatic rings. The predicted molar refractivity (Wildman–Crippen MR) is 78.6 cm³/mol. The Bertz CT molecular complexity index is 600. The molecule has 0 aliphatic heterocycles. The van der Waals surface area contributed by atoms with Gasteiger partial charge >= 0.3 is 0 Å². The van der Waals surface area contributed by atoms with E-state index in [2.05, 4.69) is 15.5 Å². The Morgan fingerprint density at radius 3 is 2.80 bits per heavy atom. The molecule has 20 heavy (non-hydrogen) atoms. The van der Waals surface area contributed by atoms with Crippen molar-refractivity contribution in [3.05, 3.63) is 47.7 Å². The molecular weight excluding hydrogens is 254 g/mol. The molecule has 1 heterocycles. The average molecular weight is 271 g/mol. The van der Waals surface area contributed by atoms with Gasteiger partial charge in [-0.3, -0.25) is 9.89 Å². The summed E-state index contributed by atoms with van der Waals surface area (Å²) < 4.78 is 5.08. The number of benzene rings is 1. The van der Waals surface area contributed by atoms with Crippen LogP contribution >= 0.6 is 0 Å². The summed E-state index contributed by atoms with van der Waals surface area (Å²) in [7, 11) is 1.62. The molecule has 1 aromatic carbocycles. The molecule has 2 rings (SSSR count). The van der Waals surface area contributed by atoms with Crippen molar-refractivity contribution in [3.63, 3.8) is 0 Å². The molecule has 2 N–H and O–H groups in total. The number of hydrogen-bond acceptors (Lipinski definition) is 3. The smallest absolute Gasteiger partial charge is 0.249 e. The van der Waals surface area contributed by atoms with Crippen molar-refractivity contribution in [2.45, 2.75) is 13.3 Å². The number of carbonyl (C=O) groups is 1. The quantitative estimate of drug-likeness (QED) is 0.821. The van der Waals surface area contributed by atoms with Gasteiger partial charge in [0.25, 0.3) is 0 Å². The second kappa shape index (κ2) is 6.56. The number of hydrogen-bond donors (Lipinski definition) is 2. The van der Waals surface area contributed by atoms with Crippen LogP contribution in [0.15, 0.2) is 36.5 Å². The molecule has 1 aromatic heterocycles. The van der Waals surface area contributed by atoms with E-state index in [0.29, 0.717) is 5.82 Å². The van der Waals surface area contributed by atoms with Crippen molar-refractivity contribution in [2.24, 2.45) is 0 Å². The highest BCUT2D eigenvalue weighted by molar-refractivity contribution is 6.01. The maximum Gasteiger partial charge on any atom is 0.249 e. The number of aryl methyl sites for hydroxylation is 1. The number of ether oxygens (including phenoxy) is 1. The fourth-order valence-electron chi connectivity index (χ4n) is 1.74. The molecular formula is C15H17N3O2. The van der Waals surface area contributed by atoms with E-state index in [4.69, 9.17) is 4.74 Å². The minimum atomic E-state index is -0.195. The Morgan fingerprint density at radius 2 is 2.15 bits per heavy atom. The third-order valence-corrected chi connectivity index (χ3v) is 2.89. The van der Waals surface area contributed by atoms with Gasteiger partial charge in [0.15, 0.2) is 0 Å². The first kappa shape index (κ1) is 13.9. The largest absolute Gasteiger partial charge is 0.497 e. The molecule has 2 aromatic rings. The highest BCUT2D eigenvalue weighted by Gasteiger charge is 2.04. The lowest BCUT2D eigenvalue weighted by Gasteiger charge is -2.01. The van der Waals surface area contributed by atoms with Crippen molar-refractivity contribution in [3.8, 4) is 5.75 Å². The molecule has 0 spiro atoms. The lowest BCUT2D eigenvalue weighted by molar-refractivity contribution is -0.111. The zero-order valence-electron chi connectivity index (χ0n) is 11.5. The van der Waals surface area contributed by atoms with Gasteiger partial charge in [0.1, 0.15) is 11.6 Å². The lowest BCUT2D eigenvalue weighted by atomic mass is 10.2. The normalized spacial score (nSPS) is 10.7. The number of nitrogens with zero attached hydrogens (tertiary/aromatic N) is 1. The molecule has 5 heteroatoms. The minimum Gasteiger partial charge on any atom is -0.497 e. The fourth-order valence-corrected chi connectivity index (χ4v) is 1.74. The van der Waals surface area contributed by atoms with Gasteiger partial charge in [-0.2, -0.15) is 5.10 Å². The summed E-state index contributed by atoms with van der Waals surface area (Å²) in [5.41, 5.74) is 1.91. The number of aromatic nitrogens is 2. The molecule has 0 fully saturated rings. The van der Waals surface area contributed by atoms with E-state index in [9.17, 15) is 4.79 Å². The first-order valence-electron chi connectivity index (χ1n) is 6.38. The summed E-state index contributed by atoms with van der Waals surface area (Å²) in [6.07, 6.45) is 5.76. The number of carbonyl (C=O) groups excluding carboxylic acids is 1. The van der Waals surface area contributed by atoms with Crippen LogP contribution in [0.1, 0.15) is 18.1 Å². The van der Waals surface area contributed by atoms with E-state index in [-0.39, 0.29) is 5.91 Å². The number of aromatic amines is 1. The fraction of sp³-hybridized carbons (Fsp3) is 0.200. The van der Waals surface area contributed by atoms with Gasteiger partial charge < -0.3 is 10.1 Å². The summed E-state index contributed by atoms with van der Waals surface area (Å²) in [5.74, 6) is 1.24. The number of nitrogens with one attached hydrogen (secondary N) is 2. The van der Waals surface area contributed by atoms with Gasteiger partial charge in [0.2, 0.25) is 5.91 Å². The Hall–Kier alpha value is -2.56.